The lowest BCUT2D eigenvalue weighted by atomic mass is 10.0. The van der Waals surface area contributed by atoms with Crippen molar-refractivity contribution in [3.05, 3.63) is 42.5 Å². The van der Waals surface area contributed by atoms with Gasteiger partial charge in [0, 0.05) is 32.4 Å². The zero-order valence-corrected chi connectivity index (χ0v) is 14.9. The summed E-state index contributed by atoms with van der Waals surface area (Å²) in [4.78, 5) is 39.0. The molecule has 0 unspecified atom stereocenters. The molecule has 0 aliphatic carbocycles. The maximum absolute atomic E-state index is 12.4. The van der Waals surface area contributed by atoms with Gasteiger partial charge in [-0.3, -0.25) is 14.4 Å². The summed E-state index contributed by atoms with van der Waals surface area (Å²) in [6.07, 6.45) is 1.22. The first-order valence-electron chi connectivity index (χ1n) is 7.71. The number of nitrogens with zero attached hydrogens (tertiary/aromatic N) is 2. The molecule has 3 amide bonds. The second-order valence-electron chi connectivity index (χ2n) is 6.08. The van der Waals surface area contributed by atoms with E-state index in [4.69, 9.17) is 0 Å². The highest BCUT2D eigenvalue weighted by Crippen LogP contribution is 2.15. The molecule has 0 heterocycles. The van der Waals surface area contributed by atoms with Crippen LogP contribution in [-0.4, -0.2) is 49.8 Å². The molecule has 1 rings (SSSR count). The summed E-state index contributed by atoms with van der Waals surface area (Å²) in [5.74, 6) is -0.734. The van der Waals surface area contributed by atoms with Crippen molar-refractivity contribution in [2.75, 3.05) is 26.0 Å². The molecule has 1 atom stereocenters. The summed E-state index contributed by atoms with van der Waals surface area (Å²) in [7, 11) is 4.94. The second kappa shape index (κ2) is 8.29. The van der Waals surface area contributed by atoms with Crippen molar-refractivity contribution in [1.29, 1.82) is 0 Å². The number of amides is 3. The third-order valence-electron chi connectivity index (χ3n) is 3.68. The van der Waals surface area contributed by atoms with E-state index in [0.717, 1.165) is 0 Å². The van der Waals surface area contributed by atoms with Gasteiger partial charge in [0.2, 0.25) is 11.8 Å². The van der Waals surface area contributed by atoms with Crippen molar-refractivity contribution in [1.82, 2.24) is 10.2 Å². The van der Waals surface area contributed by atoms with Crippen LogP contribution in [-0.2, 0) is 9.59 Å². The van der Waals surface area contributed by atoms with Gasteiger partial charge in [0.1, 0.15) is 6.04 Å². The maximum atomic E-state index is 12.4. The molecule has 0 spiro atoms. The van der Waals surface area contributed by atoms with Gasteiger partial charge in [0.15, 0.2) is 0 Å². The van der Waals surface area contributed by atoms with E-state index in [0.29, 0.717) is 11.3 Å². The zero-order chi connectivity index (χ0) is 18.4. The Hall–Kier alpha value is -2.63. The Morgan fingerprint density at radius 2 is 1.62 bits per heavy atom. The van der Waals surface area contributed by atoms with Gasteiger partial charge in [-0.25, -0.2) is 0 Å². The SMILES string of the molecule is C=CC(=O)N(C)c1ccc(C(=O)N[C@H](C(=O)N(C)C)C(C)C)cc1. The molecule has 130 valence electrons. The summed E-state index contributed by atoms with van der Waals surface area (Å²) >= 11 is 0. The van der Waals surface area contributed by atoms with Crippen molar-refractivity contribution >= 4 is 23.4 Å². The van der Waals surface area contributed by atoms with Crippen molar-refractivity contribution < 1.29 is 14.4 Å². The van der Waals surface area contributed by atoms with Crippen LogP contribution in [0.15, 0.2) is 36.9 Å². The van der Waals surface area contributed by atoms with E-state index in [1.165, 1.54) is 15.9 Å². The smallest absolute Gasteiger partial charge is 0.251 e. The molecule has 0 fully saturated rings. The fourth-order valence-corrected chi connectivity index (χ4v) is 2.12. The molecular formula is C18H25N3O3. The minimum atomic E-state index is -0.586. The molecule has 0 radical (unpaired) electrons. The maximum Gasteiger partial charge on any atom is 0.251 e. The molecule has 1 N–H and O–H groups in total. The molecule has 0 saturated heterocycles. The quantitative estimate of drug-likeness (QED) is 0.806. The molecule has 0 bridgehead atoms. The first-order valence-corrected chi connectivity index (χ1v) is 7.71. The molecule has 24 heavy (non-hydrogen) atoms. The van der Waals surface area contributed by atoms with E-state index in [2.05, 4.69) is 11.9 Å². The van der Waals surface area contributed by atoms with Crippen LogP contribution >= 0.6 is 0 Å². The van der Waals surface area contributed by atoms with Gasteiger partial charge in [-0.05, 0) is 36.3 Å². The van der Waals surface area contributed by atoms with E-state index >= 15 is 0 Å². The Bertz CT molecular complexity index is 621. The lowest BCUT2D eigenvalue weighted by molar-refractivity contribution is -0.131. The molecule has 6 nitrogen and oxygen atoms in total. The molecule has 0 aromatic heterocycles. The van der Waals surface area contributed by atoms with Gasteiger partial charge in [0.25, 0.3) is 5.91 Å². The number of hydrogen-bond donors (Lipinski definition) is 1. The van der Waals surface area contributed by atoms with Crippen LogP contribution in [0, 0.1) is 5.92 Å². The molecule has 0 aliphatic heterocycles. The van der Waals surface area contributed by atoms with Crippen LogP contribution in [0.25, 0.3) is 0 Å². The van der Waals surface area contributed by atoms with Crippen molar-refractivity contribution in [2.45, 2.75) is 19.9 Å². The standard InChI is InChI=1S/C18H25N3O3/c1-7-15(22)21(6)14-10-8-13(9-11-14)17(23)19-16(12(2)3)18(24)20(4)5/h7-12,16H,1H2,2-6H3,(H,19,23)/t16-/m0/s1. The third kappa shape index (κ3) is 4.68. The van der Waals surface area contributed by atoms with Crippen LogP contribution < -0.4 is 10.2 Å². The third-order valence-corrected chi connectivity index (χ3v) is 3.68. The van der Waals surface area contributed by atoms with Crippen molar-refractivity contribution in [2.24, 2.45) is 5.92 Å². The summed E-state index contributed by atoms with van der Waals surface area (Å²) in [5, 5.41) is 2.77. The van der Waals surface area contributed by atoms with Gasteiger partial charge in [-0.1, -0.05) is 20.4 Å². The Morgan fingerprint density at radius 1 is 1.08 bits per heavy atom. The van der Waals surface area contributed by atoms with Crippen LogP contribution in [0.5, 0.6) is 0 Å². The van der Waals surface area contributed by atoms with Crippen LogP contribution in [0.1, 0.15) is 24.2 Å². The first kappa shape index (κ1) is 19.4. The Kier molecular flexibility index (Phi) is 6.70. The van der Waals surface area contributed by atoms with Gasteiger partial charge < -0.3 is 15.1 Å². The largest absolute Gasteiger partial charge is 0.347 e. The van der Waals surface area contributed by atoms with Crippen LogP contribution in [0.4, 0.5) is 5.69 Å². The molecule has 1 aromatic carbocycles. The number of likely N-dealkylation sites (N-methyl/N-ethyl adjacent to an activating group) is 2. The van der Waals surface area contributed by atoms with E-state index in [1.54, 1.807) is 45.4 Å². The Balaban J connectivity index is 2.89. The molecular weight excluding hydrogens is 306 g/mol. The van der Waals surface area contributed by atoms with Gasteiger partial charge in [-0.2, -0.15) is 0 Å². The van der Waals surface area contributed by atoms with E-state index < -0.39 is 6.04 Å². The monoisotopic (exact) mass is 331 g/mol. The normalized spacial score (nSPS) is 11.6. The molecule has 1 aromatic rings. The average Bonchev–Trinajstić information content (AvgIpc) is 2.57. The number of nitrogens with one attached hydrogen (secondary N) is 1. The highest BCUT2D eigenvalue weighted by molar-refractivity contribution is 6.01. The zero-order valence-electron chi connectivity index (χ0n) is 14.9. The predicted octanol–water partition coefficient (Wildman–Crippen LogP) is 1.68. The van der Waals surface area contributed by atoms with Gasteiger partial charge in [-0.15, -0.1) is 0 Å². The number of anilines is 1. The summed E-state index contributed by atoms with van der Waals surface area (Å²) in [6, 6.07) is 6.00. The Labute approximate surface area is 143 Å². The van der Waals surface area contributed by atoms with Crippen molar-refractivity contribution in [3.63, 3.8) is 0 Å². The molecule has 0 aliphatic rings. The van der Waals surface area contributed by atoms with Crippen LogP contribution in [0.2, 0.25) is 0 Å². The lowest BCUT2D eigenvalue weighted by Crippen LogP contribution is -2.49. The van der Waals surface area contributed by atoms with Gasteiger partial charge >= 0.3 is 0 Å². The lowest BCUT2D eigenvalue weighted by Gasteiger charge is -2.24. The number of benzene rings is 1. The average molecular weight is 331 g/mol. The Morgan fingerprint density at radius 3 is 2.04 bits per heavy atom. The second-order valence-corrected chi connectivity index (χ2v) is 6.08. The van der Waals surface area contributed by atoms with E-state index in [-0.39, 0.29) is 23.6 Å². The van der Waals surface area contributed by atoms with E-state index in [9.17, 15) is 14.4 Å². The minimum Gasteiger partial charge on any atom is -0.347 e. The first-order chi connectivity index (χ1) is 11.2. The van der Waals surface area contributed by atoms with Crippen LogP contribution in [0.3, 0.4) is 0 Å². The summed E-state index contributed by atoms with van der Waals surface area (Å²) in [6.45, 7) is 7.20. The highest BCUT2D eigenvalue weighted by Gasteiger charge is 2.25. The fourth-order valence-electron chi connectivity index (χ4n) is 2.12. The van der Waals surface area contributed by atoms with Gasteiger partial charge in [0.05, 0.1) is 0 Å². The molecule has 0 saturated carbocycles. The number of carbonyl (C=O) groups is 3. The topological polar surface area (TPSA) is 69.7 Å². The predicted molar refractivity (Wildman–Crippen MR) is 94.8 cm³/mol. The highest BCUT2D eigenvalue weighted by atomic mass is 16.2. The summed E-state index contributed by atoms with van der Waals surface area (Å²) in [5.41, 5.74) is 1.08. The number of hydrogen-bond acceptors (Lipinski definition) is 3. The minimum absolute atomic E-state index is 0.0283. The number of rotatable bonds is 6. The molecule has 6 heteroatoms. The number of carbonyl (C=O) groups excluding carboxylic acids is 3. The van der Waals surface area contributed by atoms with Crippen molar-refractivity contribution in [3.8, 4) is 0 Å². The van der Waals surface area contributed by atoms with E-state index in [1.807, 2.05) is 13.8 Å². The summed E-state index contributed by atoms with van der Waals surface area (Å²) < 4.78 is 0. The fraction of sp³-hybridized carbons (Fsp3) is 0.389.